The Morgan fingerprint density at radius 1 is 1.53 bits per heavy atom. The number of carbonyl (C=O) groups is 1. The largest absolute Gasteiger partial charge is 0.367 e. The smallest absolute Gasteiger partial charge is 0.260 e. The second kappa shape index (κ2) is 6.54. The van der Waals surface area contributed by atoms with E-state index in [4.69, 9.17) is 16.3 Å². The number of amides is 1. The highest BCUT2D eigenvalue weighted by atomic mass is 35.5. The van der Waals surface area contributed by atoms with Crippen molar-refractivity contribution in [2.75, 3.05) is 20.7 Å². The van der Waals surface area contributed by atoms with Crippen molar-refractivity contribution >= 4 is 17.5 Å². The maximum absolute atomic E-state index is 12.9. The van der Waals surface area contributed by atoms with Crippen LogP contribution in [-0.2, 0) is 16.1 Å². The molecule has 0 radical (unpaired) electrons. The number of carbonyl (C=O) groups excluding carboxylic acids is 1. The molecule has 6 heteroatoms. The number of benzene rings is 1. The van der Waals surface area contributed by atoms with Crippen LogP contribution in [0.1, 0.15) is 5.56 Å². The van der Waals surface area contributed by atoms with Crippen molar-refractivity contribution in [3.05, 3.63) is 34.6 Å². The van der Waals surface area contributed by atoms with Gasteiger partial charge in [-0.25, -0.2) is 9.40 Å². The fraction of sp³-hybridized carbons (Fsp3) is 0.364. The molecule has 0 atom stereocenters. The number of hydrazine groups is 1. The standard InChI is InChI=1S/C11H14ClFN2O2/c1-15(2)14-11(16)7-17-6-8-3-4-10(13)9(12)5-8/h3-5H,6-7H2,1-2H3,(H,14,16). The lowest BCUT2D eigenvalue weighted by molar-refractivity contribution is -0.129. The van der Waals surface area contributed by atoms with Crippen LogP contribution in [0, 0.1) is 5.82 Å². The SMILES string of the molecule is CN(C)NC(=O)COCc1ccc(F)c(Cl)c1. The average molecular weight is 261 g/mol. The van der Waals surface area contributed by atoms with Gasteiger partial charge in [0.1, 0.15) is 12.4 Å². The van der Waals surface area contributed by atoms with Crippen LogP contribution < -0.4 is 5.43 Å². The summed E-state index contributed by atoms with van der Waals surface area (Å²) in [6.07, 6.45) is 0. The highest BCUT2D eigenvalue weighted by molar-refractivity contribution is 6.30. The van der Waals surface area contributed by atoms with Crippen molar-refractivity contribution in [1.82, 2.24) is 10.4 Å². The van der Waals surface area contributed by atoms with Gasteiger partial charge in [0.15, 0.2) is 0 Å². The Kier molecular flexibility index (Phi) is 5.34. The molecule has 4 nitrogen and oxygen atoms in total. The van der Waals surface area contributed by atoms with Gasteiger partial charge in [-0.3, -0.25) is 10.2 Å². The van der Waals surface area contributed by atoms with Gasteiger partial charge in [-0.15, -0.1) is 0 Å². The van der Waals surface area contributed by atoms with Gasteiger partial charge < -0.3 is 4.74 Å². The average Bonchev–Trinajstić information content (AvgIpc) is 2.22. The van der Waals surface area contributed by atoms with Crippen LogP contribution in [0.5, 0.6) is 0 Å². The summed E-state index contributed by atoms with van der Waals surface area (Å²) in [7, 11) is 3.41. The summed E-state index contributed by atoms with van der Waals surface area (Å²) in [6, 6.07) is 4.30. The Balaban J connectivity index is 2.36. The van der Waals surface area contributed by atoms with E-state index in [-0.39, 0.29) is 24.1 Å². The van der Waals surface area contributed by atoms with Gasteiger partial charge in [0, 0.05) is 14.1 Å². The molecule has 0 saturated carbocycles. The molecule has 0 aliphatic rings. The first-order valence-corrected chi connectivity index (χ1v) is 5.35. The number of rotatable bonds is 5. The Bertz CT molecular complexity index is 399. The molecule has 0 aliphatic heterocycles. The molecule has 1 rings (SSSR count). The molecule has 0 fully saturated rings. The summed E-state index contributed by atoms with van der Waals surface area (Å²) in [6.45, 7) is 0.147. The molecular formula is C11H14ClFN2O2. The van der Waals surface area contributed by atoms with Gasteiger partial charge in [0.25, 0.3) is 5.91 Å². The van der Waals surface area contributed by atoms with Crippen LogP contribution in [0.2, 0.25) is 5.02 Å². The van der Waals surface area contributed by atoms with Crippen LogP contribution >= 0.6 is 11.6 Å². The minimum Gasteiger partial charge on any atom is -0.367 e. The molecule has 0 unspecified atom stereocenters. The van der Waals surface area contributed by atoms with Crippen molar-refractivity contribution in [2.45, 2.75) is 6.61 Å². The van der Waals surface area contributed by atoms with Crippen molar-refractivity contribution in [3.8, 4) is 0 Å². The number of halogens is 2. The number of hydrogen-bond donors (Lipinski definition) is 1. The lowest BCUT2D eigenvalue weighted by Gasteiger charge is -2.11. The highest BCUT2D eigenvalue weighted by Gasteiger charge is 2.04. The normalized spacial score (nSPS) is 10.6. The zero-order valence-electron chi connectivity index (χ0n) is 9.67. The lowest BCUT2D eigenvalue weighted by Crippen LogP contribution is -2.38. The van der Waals surface area contributed by atoms with E-state index >= 15 is 0 Å². The number of nitrogens with zero attached hydrogens (tertiary/aromatic N) is 1. The first-order chi connectivity index (χ1) is 7.99. The van der Waals surface area contributed by atoms with E-state index < -0.39 is 5.82 Å². The van der Waals surface area contributed by atoms with E-state index in [1.807, 2.05) is 0 Å². The highest BCUT2D eigenvalue weighted by Crippen LogP contribution is 2.16. The predicted octanol–water partition coefficient (Wildman–Crippen LogP) is 1.59. The third-order valence-electron chi connectivity index (χ3n) is 1.83. The van der Waals surface area contributed by atoms with Crippen LogP contribution in [0.4, 0.5) is 4.39 Å². The molecule has 0 aliphatic carbocycles. The quantitative estimate of drug-likeness (QED) is 0.818. The maximum atomic E-state index is 12.9. The molecule has 1 aromatic carbocycles. The third kappa shape index (κ3) is 5.12. The fourth-order valence-corrected chi connectivity index (χ4v) is 1.38. The van der Waals surface area contributed by atoms with Gasteiger partial charge in [0.05, 0.1) is 11.6 Å². The molecule has 0 bridgehead atoms. The topological polar surface area (TPSA) is 41.6 Å². The summed E-state index contributed by atoms with van der Waals surface area (Å²) in [5, 5.41) is 1.57. The minimum atomic E-state index is -0.472. The van der Waals surface area contributed by atoms with E-state index in [0.717, 1.165) is 0 Å². The molecule has 0 aromatic heterocycles. The molecule has 1 amide bonds. The van der Waals surface area contributed by atoms with Crippen molar-refractivity contribution in [3.63, 3.8) is 0 Å². The molecule has 1 aromatic rings. The number of hydrogen-bond acceptors (Lipinski definition) is 3. The fourth-order valence-electron chi connectivity index (χ4n) is 1.17. The van der Waals surface area contributed by atoms with Crippen LogP contribution in [0.3, 0.4) is 0 Å². The molecule has 94 valence electrons. The zero-order valence-corrected chi connectivity index (χ0v) is 10.4. The van der Waals surface area contributed by atoms with Gasteiger partial charge in [-0.05, 0) is 17.7 Å². The molecule has 0 saturated heterocycles. The van der Waals surface area contributed by atoms with Crippen LogP contribution in [-0.4, -0.2) is 31.6 Å². The first kappa shape index (κ1) is 13.9. The Labute approximate surface area is 104 Å². The number of ether oxygens (including phenoxy) is 1. The summed E-state index contributed by atoms with van der Waals surface area (Å²) in [4.78, 5) is 11.2. The maximum Gasteiger partial charge on any atom is 0.260 e. The Hall–Kier alpha value is -1.17. The van der Waals surface area contributed by atoms with Gasteiger partial charge in [-0.2, -0.15) is 0 Å². The molecule has 0 heterocycles. The Morgan fingerprint density at radius 2 is 2.24 bits per heavy atom. The van der Waals surface area contributed by atoms with Gasteiger partial charge >= 0.3 is 0 Å². The van der Waals surface area contributed by atoms with Crippen LogP contribution in [0.15, 0.2) is 18.2 Å². The first-order valence-electron chi connectivity index (χ1n) is 4.97. The third-order valence-corrected chi connectivity index (χ3v) is 2.12. The van der Waals surface area contributed by atoms with Crippen molar-refractivity contribution < 1.29 is 13.9 Å². The summed E-state index contributed by atoms with van der Waals surface area (Å²) in [5.41, 5.74) is 3.25. The monoisotopic (exact) mass is 260 g/mol. The van der Waals surface area contributed by atoms with Crippen LogP contribution in [0.25, 0.3) is 0 Å². The molecule has 0 spiro atoms. The predicted molar refractivity (Wildman–Crippen MR) is 62.9 cm³/mol. The van der Waals surface area contributed by atoms with Gasteiger partial charge in [-0.1, -0.05) is 17.7 Å². The Morgan fingerprint density at radius 3 is 2.82 bits per heavy atom. The number of nitrogens with one attached hydrogen (secondary N) is 1. The second-order valence-corrected chi connectivity index (χ2v) is 4.08. The zero-order chi connectivity index (χ0) is 12.8. The lowest BCUT2D eigenvalue weighted by atomic mass is 10.2. The van der Waals surface area contributed by atoms with E-state index in [1.165, 1.54) is 17.1 Å². The van der Waals surface area contributed by atoms with Crippen molar-refractivity contribution in [2.24, 2.45) is 0 Å². The van der Waals surface area contributed by atoms with E-state index in [1.54, 1.807) is 20.2 Å². The molecule has 1 N–H and O–H groups in total. The summed E-state index contributed by atoms with van der Waals surface area (Å²) in [5.74, 6) is -0.719. The van der Waals surface area contributed by atoms with E-state index in [0.29, 0.717) is 5.56 Å². The van der Waals surface area contributed by atoms with Crippen molar-refractivity contribution in [1.29, 1.82) is 0 Å². The molecular weight excluding hydrogens is 247 g/mol. The summed E-state index contributed by atoms with van der Waals surface area (Å²) >= 11 is 5.61. The minimum absolute atomic E-state index is 0.0452. The van der Waals surface area contributed by atoms with E-state index in [2.05, 4.69) is 5.43 Å². The molecule has 17 heavy (non-hydrogen) atoms. The second-order valence-electron chi connectivity index (χ2n) is 3.67. The van der Waals surface area contributed by atoms with Gasteiger partial charge in [0.2, 0.25) is 0 Å². The van der Waals surface area contributed by atoms with E-state index in [9.17, 15) is 9.18 Å². The summed E-state index contributed by atoms with van der Waals surface area (Å²) < 4.78 is 18.0.